The van der Waals surface area contributed by atoms with Crippen molar-refractivity contribution in [1.82, 2.24) is 9.80 Å². The van der Waals surface area contributed by atoms with Crippen LogP contribution in [-0.2, 0) is 16.1 Å². The van der Waals surface area contributed by atoms with E-state index >= 15 is 0 Å². The fourth-order valence-electron chi connectivity index (χ4n) is 3.97. The molecule has 2 saturated heterocycles. The van der Waals surface area contributed by atoms with Crippen LogP contribution >= 0.6 is 0 Å². The van der Waals surface area contributed by atoms with Crippen molar-refractivity contribution in [1.29, 1.82) is 0 Å². The van der Waals surface area contributed by atoms with Crippen LogP contribution in [0.25, 0.3) is 0 Å². The van der Waals surface area contributed by atoms with Gasteiger partial charge in [0, 0.05) is 31.6 Å². The average molecular weight is 413 g/mol. The van der Waals surface area contributed by atoms with Gasteiger partial charge in [0.2, 0.25) is 0 Å². The number of amides is 2. The summed E-state index contributed by atoms with van der Waals surface area (Å²) in [7, 11) is 0. The number of halogens is 3. The van der Waals surface area contributed by atoms with Crippen molar-refractivity contribution >= 4 is 19.2 Å². The number of ether oxygens (including phenoxy) is 2. The maximum absolute atomic E-state index is 13.7. The normalized spacial score (nSPS) is 21.1. The van der Waals surface area contributed by atoms with E-state index in [1.54, 1.807) is 45.0 Å². The topological polar surface area (TPSA) is 59.1 Å². The fraction of sp³-hybridized carbons (Fsp3) is 0.579. The summed E-state index contributed by atoms with van der Waals surface area (Å²) >= 11 is 0. The summed E-state index contributed by atoms with van der Waals surface area (Å²) in [6.07, 6.45) is -1.41. The Morgan fingerprint density at radius 2 is 1.66 bits per heavy atom. The van der Waals surface area contributed by atoms with Gasteiger partial charge in [-0.25, -0.2) is 9.59 Å². The second kappa shape index (κ2) is 7.46. The van der Waals surface area contributed by atoms with Crippen molar-refractivity contribution in [2.75, 3.05) is 26.2 Å². The summed E-state index contributed by atoms with van der Waals surface area (Å²) in [5, 5.41) is 0. The number of nitrogens with zero attached hydrogens (tertiary/aromatic N) is 2. The molecule has 1 atom stereocenters. The number of benzene rings is 1. The van der Waals surface area contributed by atoms with Gasteiger partial charge in [-0.1, -0.05) is 30.3 Å². The predicted octanol–water partition coefficient (Wildman–Crippen LogP) is 4.09. The first-order valence-corrected chi connectivity index (χ1v) is 9.53. The molecule has 1 spiro atoms. The van der Waals surface area contributed by atoms with Crippen molar-refractivity contribution in [3.8, 4) is 0 Å². The first-order valence-electron chi connectivity index (χ1n) is 9.53. The molecule has 1 aromatic rings. The molecule has 0 N–H and O–H groups in total. The minimum atomic E-state index is -5.18. The maximum atomic E-state index is 13.7. The van der Waals surface area contributed by atoms with Gasteiger partial charge in [-0.15, -0.1) is 0 Å². The lowest BCUT2D eigenvalue weighted by molar-refractivity contribution is -0.0329. The lowest BCUT2D eigenvalue weighted by Crippen LogP contribution is -2.63. The summed E-state index contributed by atoms with van der Waals surface area (Å²) in [4.78, 5) is 26.9. The van der Waals surface area contributed by atoms with E-state index in [0.717, 1.165) is 10.5 Å². The number of hydrogen-bond acceptors (Lipinski definition) is 4. The molecule has 0 aromatic heterocycles. The quantitative estimate of drug-likeness (QED) is 0.701. The summed E-state index contributed by atoms with van der Waals surface area (Å²) in [5.41, 5.74) is -1.16. The molecular weight excluding hydrogens is 388 g/mol. The van der Waals surface area contributed by atoms with Crippen molar-refractivity contribution in [3.63, 3.8) is 0 Å². The van der Waals surface area contributed by atoms with Gasteiger partial charge in [-0.2, -0.15) is 0 Å². The van der Waals surface area contributed by atoms with E-state index < -0.39 is 42.5 Å². The Hall–Kier alpha value is -2.39. The van der Waals surface area contributed by atoms with E-state index in [1.807, 2.05) is 6.07 Å². The van der Waals surface area contributed by atoms with Gasteiger partial charge in [0.15, 0.2) is 0 Å². The molecule has 2 heterocycles. The van der Waals surface area contributed by atoms with Gasteiger partial charge >= 0.3 is 19.2 Å². The Morgan fingerprint density at radius 3 is 2.21 bits per heavy atom. The van der Waals surface area contributed by atoms with E-state index in [9.17, 15) is 22.5 Å². The van der Waals surface area contributed by atoms with E-state index in [4.69, 9.17) is 9.47 Å². The van der Waals surface area contributed by atoms with Crippen LogP contribution in [0, 0.1) is 5.41 Å². The molecule has 160 valence electrons. The number of hydrogen-bond donors (Lipinski definition) is 0. The van der Waals surface area contributed by atoms with Crippen molar-refractivity contribution in [3.05, 3.63) is 35.9 Å². The van der Waals surface area contributed by atoms with Crippen molar-refractivity contribution < 1.29 is 32.0 Å². The van der Waals surface area contributed by atoms with Crippen LogP contribution in [0.15, 0.2) is 30.3 Å². The Morgan fingerprint density at radius 1 is 1.07 bits per heavy atom. The summed E-state index contributed by atoms with van der Waals surface area (Å²) in [6, 6.07) is 8.93. The highest BCUT2D eigenvalue weighted by Gasteiger charge is 2.62. The highest BCUT2D eigenvalue weighted by atomic mass is 19.4. The van der Waals surface area contributed by atoms with Crippen LogP contribution in [0.3, 0.4) is 0 Å². The van der Waals surface area contributed by atoms with E-state index in [1.165, 1.54) is 4.90 Å². The monoisotopic (exact) mass is 413 g/mol. The molecule has 2 fully saturated rings. The van der Waals surface area contributed by atoms with Crippen LogP contribution < -0.4 is 0 Å². The molecule has 2 aliphatic heterocycles. The summed E-state index contributed by atoms with van der Waals surface area (Å²) in [5.74, 6) is -1.65. The number of carbonyl (C=O) groups excluding carboxylic acids is 2. The van der Waals surface area contributed by atoms with Gasteiger partial charge in [-0.3, -0.25) is 0 Å². The summed E-state index contributed by atoms with van der Waals surface area (Å²) < 4.78 is 51.6. The third kappa shape index (κ3) is 4.79. The van der Waals surface area contributed by atoms with Crippen LogP contribution in [0.2, 0.25) is 5.82 Å². The molecule has 0 saturated carbocycles. The van der Waals surface area contributed by atoms with Gasteiger partial charge in [0.1, 0.15) is 12.2 Å². The van der Waals surface area contributed by atoms with Gasteiger partial charge in [0.05, 0.1) is 0 Å². The van der Waals surface area contributed by atoms with Crippen molar-refractivity contribution in [2.24, 2.45) is 5.41 Å². The smallest absolute Gasteiger partial charge is 0.449 e. The van der Waals surface area contributed by atoms with Gasteiger partial charge < -0.3 is 32.2 Å². The molecule has 6 nitrogen and oxygen atoms in total. The highest BCUT2D eigenvalue weighted by Crippen LogP contribution is 2.53. The van der Waals surface area contributed by atoms with Gasteiger partial charge in [0.25, 0.3) is 0 Å². The third-order valence-electron chi connectivity index (χ3n) is 5.29. The molecule has 1 unspecified atom stereocenters. The SMILES string of the molecule is CC(C)(C)OC(=O)N1CC2(CN(C(=O)OCc3ccccc3)CC2[B-](F)(F)F)C1. The average Bonchev–Trinajstić information content (AvgIpc) is 2.99. The minimum Gasteiger partial charge on any atom is -0.449 e. The number of likely N-dealkylation sites (tertiary alicyclic amines) is 2. The van der Waals surface area contributed by atoms with Crippen LogP contribution in [-0.4, -0.2) is 60.7 Å². The number of rotatable bonds is 3. The first kappa shape index (κ1) is 21.3. The number of carbonyl (C=O) groups is 2. The third-order valence-corrected chi connectivity index (χ3v) is 5.29. The molecule has 0 aliphatic carbocycles. The minimum absolute atomic E-state index is 0.00493. The second-order valence-corrected chi connectivity index (χ2v) is 8.85. The second-order valence-electron chi connectivity index (χ2n) is 8.85. The fourth-order valence-corrected chi connectivity index (χ4v) is 3.97. The van der Waals surface area contributed by atoms with Gasteiger partial charge in [-0.05, 0) is 32.2 Å². The molecule has 2 amide bonds. The summed E-state index contributed by atoms with van der Waals surface area (Å²) in [6.45, 7) is -0.808. The van der Waals surface area contributed by atoms with Crippen LogP contribution in [0.5, 0.6) is 0 Å². The molecule has 10 heteroatoms. The molecule has 29 heavy (non-hydrogen) atoms. The highest BCUT2D eigenvalue weighted by molar-refractivity contribution is 6.60. The largest absolute Gasteiger partial charge is 0.483 e. The Bertz CT molecular complexity index is 761. The van der Waals surface area contributed by atoms with E-state index in [0.29, 0.717) is 0 Å². The van der Waals surface area contributed by atoms with Crippen LogP contribution in [0.4, 0.5) is 22.5 Å². The molecule has 1 aromatic carbocycles. The Labute approximate surface area is 168 Å². The van der Waals surface area contributed by atoms with Crippen LogP contribution in [0.1, 0.15) is 26.3 Å². The lowest BCUT2D eigenvalue weighted by Gasteiger charge is -2.53. The lowest BCUT2D eigenvalue weighted by atomic mass is 9.56. The molecular formula is C19H25BF3N2O4-. The zero-order valence-corrected chi connectivity index (χ0v) is 16.7. The Balaban J connectivity index is 1.64. The zero-order valence-electron chi connectivity index (χ0n) is 16.7. The first-order chi connectivity index (χ1) is 13.4. The molecule has 3 rings (SSSR count). The Kier molecular flexibility index (Phi) is 5.49. The maximum Gasteiger partial charge on any atom is 0.483 e. The van der Waals surface area contributed by atoms with E-state index in [2.05, 4.69) is 0 Å². The van der Waals surface area contributed by atoms with E-state index in [-0.39, 0.29) is 26.2 Å². The standard InChI is InChI=1S/C19H25BF3N2O4/c1-18(2,3)29-17(27)25-12-19(13-25)11-24(9-15(19)20(21,22)23)16(26)28-10-14-7-5-4-6-8-14/h4-8,15H,9-13H2,1-3H3/q-1. The predicted molar refractivity (Wildman–Crippen MR) is 101 cm³/mol. The molecule has 0 radical (unpaired) electrons. The zero-order chi connectivity index (χ0) is 21.4. The molecule has 2 aliphatic rings. The van der Waals surface area contributed by atoms with Crippen molar-refractivity contribution in [2.45, 2.75) is 38.8 Å². The molecule has 0 bridgehead atoms.